The van der Waals surface area contributed by atoms with Crippen LogP contribution in [-0.2, 0) is 7.05 Å². The van der Waals surface area contributed by atoms with Crippen molar-refractivity contribution in [3.05, 3.63) is 59.9 Å². The van der Waals surface area contributed by atoms with Crippen LogP contribution in [0.5, 0.6) is 0 Å². The molecule has 0 bridgehead atoms. The molecule has 110 valence electrons. The van der Waals surface area contributed by atoms with Crippen molar-refractivity contribution in [3.63, 3.8) is 0 Å². The first-order valence-corrected chi connectivity index (χ1v) is 6.53. The van der Waals surface area contributed by atoms with E-state index in [1.165, 1.54) is 28.9 Å². The number of carbonyl (C=O) groups is 1. The van der Waals surface area contributed by atoms with E-state index >= 15 is 0 Å². The summed E-state index contributed by atoms with van der Waals surface area (Å²) in [6, 6.07) is 12.5. The highest BCUT2D eigenvalue weighted by molar-refractivity contribution is 6.04. The number of halogens is 1. The van der Waals surface area contributed by atoms with E-state index in [4.69, 9.17) is 0 Å². The zero-order valence-electron chi connectivity index (χ0n) is 11.7. The summed E-state index contributed by atoms with van der Waals surface area (Å²) in [5.41, 5.74) is 1.72. The Balaban J connectivity index is 1.84. The smallest absolute Gasteiger partial charge is 0.255 e. The summed E-state index contributed by atoms with van der Waals surface area (Å²) in [6.07, 6.45) is 0. The van der Waals surface area contributed by atoms with E-state index in [2.05, 4.69) is 20.8 Å². The fourth-order valence-corrected chi connectivity index (χ4v) is 2.01. The van der Waals surface area contributed by atoms with Crippen LogP contribution >= 0.6 is 0 Å². The number of amides is 1. The molecule has 3 aromatic rings. The van der Waals surface area contributed by atoms with E-state index < -0.39 is 0 Å². The Morgan fingerprint density at radius 1 is 1.18 bits per heavy atom. The number of anilines is 1. The highest BCUT2D eigenvalue weighted by Crippen LogP contribution is 2.18. The second-order valence-corrected chi connectivity index (χ2v) is 4.67. The molecule has 1 amide bonds. The van der Waals surface area contributed by atoms with Gasteiger partial charge in [-0.2, -0.15) is 0 Å². The lowest BCUT2D eigenvalue weighted by Gasteiger charge is -2.06. The minimum Gasteiger partial charge on any atom is -0.322 e. The average molecular weight is 297 g/mol. The molecule has 1 N–H and O–H groups in total. The van der Waals surface area contributed by atoms with Crippen molar-refractivity contribution < 1.29 is 9.18 Å². The lowest BCUT2D eigenvalue weighted by atomic mass is 10.1. The fourth-order valence-electron chi connectivity index (χ4n) is 2.01. The maximum atomic E-state index is 12.9. The van der Waals surface area contributed by atoms with Gasteiger partial charge >= 0.3 is 0 Å². The number of nitrogens with zero attached hydrogens (tertiary/aromatic N) is 4. The summed E-state index contributed by atoms with van der Waals surface area (Å²) in [6.45, 7) is 0. The van der Waals surface area contributed by atoms with Crippen LogP contribution in [0, 0.1) is 5.82 Å². The second-order valence-electron chi connectivity index (χ2n) is 4.67. The molecule has 2 aromatic carbocycles. The van der Waals surface area contributed by atoms with E-state index in [9.17, 15) is 9.18 Å². The summed E-state index contributed by atoms with van der Waals surface area (Å²) in [5, 5.41) is 14.0. The molecular weight excluding hydrogens is 285 g/mol. The van der Waals surface area contributed by atoms with Crippen LogP contribution in [0.3, 0.4) is 0 Å². The summed E-state index contributed by atoms with van der Waals surface area (Å²) in [5.74, 6) is -0.0743. The molecule has 3 rings (SSSR count). The van der Waals surface area contributed by atoms with Gasteiger partial charge in [-0.15, -0.1) is 5.10 Å². The molecule has 0 aliphatic heterocycles. The molecule has 0 saturated carbocycles. The Morgan fingerprint density at radius 3 is 2.64 bits per heavy atom. The van der Waals surface area contributed by atoms with Gasteiger partial charge in [0.2, 0.25) is 0 Å². The fraction of sp³-hybridized carbons (Fsp3) is 0.0667. The van der Waals surface area contributed by atoms with Gasteiger partial charge in [0.05, 0.1) is 0 Å². The van der Waals surface area contributed by atoms with Crippen molar-refractivity contribution in [2.75, 3.05) is 5.32 Å². The predicted molar refractivity (Wildman–Crippen MR) is 78.6 cm³/mol. The number of benzene rings is 2. The SMILES string of the molecule is Cn1nnnc1-c1cccc(C(=O)Nc2ccc(F)cc2)c1. The molecule has 0 atom stereocenters. The van der Waals surface area contributed by atoms with Crippen molar-refractivity contribution in [2.24, 2.45) is 7.05 Å². The summed E-state index contributed by atoms with van der Waals surface area (Å²) >= 11 is 0. The van der Waals surface area contributed by atoms with E-state index in [-0.39, 0.29) is 11.7 Å². The van der Waals surface area contributed by atoms with E-state index in [1.54, 1.807) is 25.2 Å². The largest absolute Gasteiger partial charge is 0.322 e. The lowest BCUT2D eigenvalue weighted by molar-refractivity contribution is 0.102. The number of nitrogens with one attached hydrogen (secondary N) is 1. The molecule has 1 aromatic heterocycles. The molecule has 0 aliphatic carbocycles. The highest BCUT2D eigenvalue weighted by atomic mass is 19.1. The highest BCUT2D eigenvalue weighted by Gasteiger charge is 2.10. The third-order valence-corrected chi connectivity index (χ3v) is 3.11. The first kappa shape index (κ1) is 13.9. The third kappa shape index (κ3) is 2.83. The topological polar surface area (TPSA) is 72.7 Å². The summed E-state index contributed by atoms with van der Waals surface area (Å²) in [4.78, 5) is 12.2. The van der Waals surface area contributed by atoms with Gasteiger partial charge in [-0.25, -0.2) is 9.07 Å². The number of aryl methyl sites for hydroxylation is 1. The molecule has 22 heavy (non-hydrogen) atoms. The maximum Gasteiger partial charge on any atom is 0.255 e. The second kappa shape index (κ2) is 5.72. The van der Waals surface area contributed by atoms with Gasteiger partial charge in [0.1, 0.15) is 5.82 Å². The minimum absolute atomic E-state index is 0.288. The minimum atomic E-state index is -0.352. The Morgan fingerprint density at radius 2 is 1.95 bits per heavy atom. The van der Waals surface area contributed by atoms with Crippen molar-refractivity contribution in [3.8, 4) is 11.4 Å². The Kier molecular flexibility index (Phi) is 3.61. The van der Waals surface area contributed by atoms with Gasteiger partial charge < -0.3 is 5.32 Å². The van der Waals surface area contributed by atoms with Crippen molar-refractivity contribution in [1.82, 2.24) is 20.2 Å². The average Bonchev–Trinajstić information content (AvgIpc) is 2.96. The monoisotopic (exact) mass is 297 g/mol. The number of rotatable bonds is 3. The molecule has 0 spiro atoms. The van der Waals surface area contributed by atoms with Gasteiger partial charge in [0.25, 0.3) is 5.91 Å². The standard InChI is InChI=1S/C15H12FN5O/c1-21-14(18-19-20-21)10-3-2-4-11(9-10)15(22)17-13-7-5-12(16)6-8-13/h2-9H,1H3,(H,17,22). The van der Waals surface area contributed by atoms with E-state index in [1.807, 2.05) is 6.07 Å². The number of carbonyl (C=O) groups excluding carboxylic acids is 1. The molecule has 0 unspecified atom stereocenters. The van der Waals surface area contributed by atoms with Crippen LogP contribution in [0.1, 0.15) is 10.4 Å². The van der Waals surface area contributed by atoms with Gasteiger partial charge in [-0.1, -0.05) is 12.1 Å². The molecule has 0 saturated heterocycles. The van der Waals surface area contributed by atoms with Gasteiger partial charge in [-0.05, 0) is 46.8 Å². The molecule has 7 heteroatoms. The van der Waals surface area contributed by atoms with Gasteiger partial charge in [-0.3, -0.25) is 4.79 Å². The molecule has 6 nitrogen and oxygen atoms in total. The molecule has 0 radical (unpaired) electrons. The van der Waals surface area contributed by atoms with Crippen LogP contribution in [0.15, 0.2) is 48.5 Å². The van der Waals surface area contributed by atoms with Crippen molar-refractivity contribution >= 4 is 11.6 Å². The molecular formula is C15H12FN5O. The zero-order valence-corrected chi connectivity index (χ0v) is 11.7. The van der Waals surface area contributed by atoms with Crippen LogP contribution in [0.4, 0.5) is 10.1 Å². The molecule has 0 aliphatic rings. The normalized spacial score (nSPS) is 10.5. The number of tetrazole rings is 1. The summed E-state index contributed by atoms with van der Waals surface area (Å²) < 4.78 is 14.4. The first-order chi connectivity index (χ1) is 10.6. The van der Waals surface area contributed by atoms with Crippen molar-refractivity contribution in [2.45, 2.75) is 0 Å². The van der Waals surface area contributed by atoms with Crippen LogP contribution in [0.2, 0.25) is 0 Å². The van der Waals surface area contributed by atoms with Gasteiger partial charge in [0, 0.05) is 23.9 Å². The lowest BCUT2D eigenvalue weighted by Crippen LogP contribution is -2.12. The number of aromatic nitrogens is 4. The van der Waals surface area contributed by atoms with Crippen LogP contribution < -0.4 is 5.32 Å². The third-order valence-electron chi connectivity index (χ3n) is 3.11. The number of hydrogen-bond acceptors (Lipinski definition) is 4. The first-order valence-electron chi connectivity index (χ1n) is 6.53. The van der Waals surface area contributed by atoms with Crippen LogP contribution in [0.25, 0.3) is 11.4 Å². The maximum absolute atomic E-state index is 12.9. The summed E-state index contributed by atoms with van der Waals surface area (Å²) in [7, 11) is 1.72. The quantitative estimate of drug-likeness (QED) is 0.805. The zero-order chi connectivity index (χ0) is 15.5. The molecule has 0 fully saturated rings. The van der Waals surface area contributed by atoms with Crippen LogP contribution in [-0.4, -0.2) is 26.1 Å². The Labute approximate surface area is 125 Å². The van der Waals surface area contributed by atoms with E-state index in [0.717, 1.165) is 5.56 Å². The van der Waals surface area contributed by atoms with E-state index in [0.29, 0.717) is 17.1 Å². The number of hydrogen-bond donors (Lipinski definition) is 1. The molecule has 1 heterocycles. The van der Waals surface area contributed by atoms with Gasteiger partial charge in [0.15, 0.2) is 5.82 Å². The van der Waals surface area contributed by atoms with Crippen molar-refractivity contribution in [1.29, 1.82) is 0 Å². The Bertz CT molecular complexity index is 813. The predicted octanol–water partition coefficient (Wildman–Crippen LogP) is 2.27. The Hall–Kier alpha value is -3.09.